The van der Waals surface area contributed by atoms with E-state index in [2.05, 4.69) is 15.0 Å². The Morgan fingerprint density at radius 3 is 2.84 bits per heavy atom. The highest BCUT2D eigenvalue weighted by molar-refractivity contribution is 7.71. The summed E-state index contributed by atoms with van der Waals surface area (Å²) in [5.74, 6) is 0.537. The zero-order valence-electron chi connectivity index (χ0n) is 10.7. The minimum Gasteiger partial charge on any atom is -0.409 e. The second-order valence-corrected chi connectivity index (χ2v) is 5.08. The lowest BCUT2D eigenvalue weighted by molar-refractivity contribution is 0.170. The van der Waals surface area contributed by atoms with E-state index in [-0.39, 0.29) is 0 Å². The second-order valence-electron chi connectivity index (χ2n) is 4.73. The average Bonchev–Trinajstić information content (AvgIpc) is 2.82. The number of hydrogen-bond donors (Lipinski definition) is 0. The highest BCUT2D eigenvalue weighted by atomic mass is 32.1. The first kappa shape index (κ1) is 12.5. The molecule has 1 fully saturated rings. The molecule has 100 valence electrons. The van der Waals surface area contributed by atoms with Crippen molar-refractivity contribution in [3.05, 3.63) is 29.4 Å². The van der Waals surface area contributed by atoms with Crippen LogP contribution >= 0.6 is 12.2 Å². The molecule has 1 saturated heterocycles. The van der Waals surface area contributed by atoms with E-state index in [0.717, 1.165) is 18.7 Å². The molecule has 2 aromatic rings. The SMILES string of the molecule is S=c1oc(-c2cccnc2)nn1CN1CCCCC1. The number of rotatable bonds is 3. The summed E-state index contributed by atoms with van der Waals surface area (Å²) in [4.78, 5) is 6.84. The fraction of sp³-hybridized carbons (Fsp3) is 0.462. The average molecular weight is 276 g/mol. The fourth-order valence-corrected chi connectivity index (χ4v) is 2.47. The molecule has 3 rings (SSSR count). The summed E-state index contributed by atoms with van der Waals surface area (Å²) in [5, 5.41) is 4.44. The molecule has 0 N–H and O–H groups in total. The predicted octanol–water partition coefficient (Wildman–Crippen LogP) is 2.71. The third kappa shape index (κ3) is 2.90. The standard InChI is InChI=1S/C13H16N4OS/c19-13-17(10-16-7-2-1-3-8-16)15-12(18-13)11-5-4-6-14-9-11/h4-6,9H,1-3,7-8,10H2. The first-order valence-corrected chi connectivity index (χ1v) is 6.94. The van der Waals surface area contributed by atoms with Gasteiger partial charge in [-0.05, 0) is 50.3 Å². The van der Waals surface area contributed by atoms with Crippen LogP contribution in [0.2, 0.25) is 0 Å². The Balaban J connectivity index is 1.79. The molecular formula is C13H16N4OS. The van der Waals surface area contributed by atoms with Gasteiger partial charge in [-0.15, -0.1) is 5.10 Å². The molecule has 3 heterocycles. The molecule has 0 spiro atoms. The van der Waals surface area contributed by atoms with Crippen molar-refractivity contribution in [1.82, 2.24) is 19.7 Å². The van der Waals surface area contributed by atoms with Crippen molar-refractivity contribution in [1.29, 1.82) is 0 Å². The molecule has 0 amide bonds. The zero-order valence-corrected chi connectivity index (χ0v) is 11.5. The minimum absolute atomic E-state index is 0.421. The molecule has 6 heteroatoms. The van der Waals surface area contributed by atoms with Crippen LogP contribution in [0.5, 0.6) is 0 Å². The van der Waals surface area contributed by atoms with Gasteiger partial charge in [0.1, 0.15) is 0 Å². The Morgan fingerprint density at radius 1 is 1.26 bits per heavy atom. The number of likely N-dealkylation sites (tertiary alicyclic amines) is 1. The van der Waals surface area contributed by atoms with Crippen LogP contribution in [-0.2, 0) is 6.67 Å². The van der Waals surface area contributed by atoms with Crippen molar-refractivity contribution >= 4 is 12.2 Å². The molecule has 1 aliphatic heterocycles. The number of nitrogens with zero attached hydrogens (tertiary/aromatic N) is 4. The summed E-state index contributed by atoms with van der Waals surface area (Å²) in [6.45, 7) is 2.93. The molecule has 19 heavy (non-hydrogen) atoms. The molecule has 0 unspecified atom stereocenters. The lowest BCUT2D eigenvalue weighted by Crippen LogP contribution is -2.32. The van der Waals surface area contributed by atoms with Gasteiger partial charge in [0.2, 0.25) is 5.89 Å². The van der Waals surface area contributed by atoms with Crippen molar-refractivity contribution in [2.75, 3.05) is 13.1 Å². The van der Waals surface area contributed by atoms with Crippen LogP contribution in [0.3, 0.4) is 0 Å². The molecule has 0 saturated carbocycles. The minimum atomic E-state index is 0.421. The molecule has 0 atom stereocenters. The Bertz CT molecular complexity index is 586. The number of pyridine rings is 1. The Kier molecular flexibility index (Phi) is 3.70. The molecular weight excluding hydrogens is 260 g/mol. The van der Waals surface area contributed by atoms with Crippen molar-refractivity contribution in [2.45, 2.75) is 25.9 Å². The quantitative estimate of drug-likeness (QED) is 0.807. The summed E-state index contributed by atoms with van der Waals surface area (Å²) >= 11 is 5.23. The van der Waals surface area contributed by atoms with E-state index in [9.17, 15) is 0 Å². The maximum Gasteiger partial charge on any atom is 0.288 e. The van der Waals surface area contributed by atoms with Gasteiger partial charge < -0.3 is 4.42 Å². The van der Waals surface area contributed by atoms with Crippen LogP contribution in [0.4, 0.5) is 0 Å². The zero-order chi connectivity index (χ0) is 13.1. The fourth-order valence-electron chi connectivity index (χ4n) is 2.29. The van der Waals surface area contributed by atoms with Crippen LogP contribution in [0.15, 0.2) is 28.9 Å². The Hall–Kier alpha value is -1.53. The van der Waals surface area contributed by atoms with Crippen molar-refractivity contribution in [2.24, 2.45) is 0 Å². The van der Waals surface area contributed by atoms with Gasteiger partial charge >= 0.3 is 0 Å². The second kappa shape index (κ2) is 5.63. The Labute approximate surface area is 116 Å². The van der Waals surface area contributed by atoms with Crippen molar-refractivity contribution < 1.29 is 4.42 Å². The van der Waals surface area contributed by atoms with E-state index < -0.39 is 0 Å². The number of hydrogen-bond acceptors (Lipinski definition) is 5. The van der Waals surface area contributed by atoms with Crippen LogP contribution in [0.25, 0.3) is 11.5 Å². The molecule has 0 aromatic carbocycles. The largest absolute Gasteiger partial charge is 0.409 e. The highest BCUT2D eigenvalue weighted by Crippen LogP contribution is 2.17. The maximum absolute atomic E-state index is 5.54. The first-order valence-electron chi connectivity index (χ1n) is 6.53. The van der Waals surface area contributed by atoms with E-state index in [0.29, 0.717) is 17.4 Å². The van der Waals surface area contributed by atoms with Gasteiger partial charge in [-0.25, -0.2) is 4.68 Å². The summed E-state index contributed by atoms with van der Waals surface area (Å²) in [5.41, 5.74) is 0.853. The molecule has 0 bridgehead atoms. The van der Waals surface area contributed by atoms with Crippen LogP contribution < -0.4 is 0 Å². The molecule has 1 aliphatic rings. The summed E-state index contributed by atoms with van der Waals surface area (Å²) in [6.07, 6.45) is 7.28. The van der Waals surface area contributed by atoms with E-state index in [4.69, 9.17) is 16.6 Å². The molecule has 2 aromatic heterocycles. The smallest absolute Gasteiger partial charge is 0.288 e. The molecule has 5 nitrogen and oxygen atoms in total. The van der Waals surface area contributed by atoms with E-state index in [1.54, 1.807) is 17.1 Å². The van der Waals surface area contributed by atoms with Gasteiger partial charge in [-0.1, -0.05) is 6.42 Å². The normalized spacial score (nSPS) is 16.6. The number of aromatic nitrogens is 3. The lowest BCUT2D eigenvalue weighted by Gasteiger charge is -2.25. The van der Waals surface area contributed by atoms with Crippen LogP contribution in [-0.4, -0.2) is 32.8 Å². The number of piperidine rings is 1. The monoisotopic (exact) mass is 276 g/mol. The van der Waals surface area contributed by atoms with E-state index in [1.165, 1.54) is 19.3 Å². The topological polar surface area (TPSA) is 47.1 Å². The van der Waals surface area contributed by atoms with Gasteiger partial charge in [0, 0.05) is 12.4 Å². The summed E-state index contributed by atoms with van der Waals surface area (Å²) in [7, 11) is 0. The molecule has 0 radical (unpaired) electrons. The predicted molar refractivity (Wildman–Crippen MR) is 74.0 cm³/mol. The van der Waals surface area contributed by atoms with Gasteiger partial charge in [0.25, 0.3) is 4.84 Å². The van der Waals surface area contributed by atoms with Gasteiger partial charge in [-0.3, -0.25) is 9.88 Å². The third-order valence-corrected chi connectivity index (χ3v) is 3.59. The summed E-state index contributed by atoms with van der Waals surface area (Å²) < 4.78 is 7.30. The van der Waals surface area contributed by atoms with Crippen molar-refractivity contribution in [3.63, 3.8) is 0 Å². The Morgan fingerprint density at radius 2 is 2.11 bits per heavy atom. The van der Waals surface area contributed by atoms with Crippen LogP contribution in [0.1, 0.15) is 19.3 Å². The van der Waals surface area contributed by atoms with E-state index in [1.807, 2.05) is 12.1 Å². The van der Waals surface area contributed by atoms with Gasteiger partial charge in [0.15, 0.2) is 0 Å². The van der Waals surface area contributed by atoms with Gasteiger partial charge in [0.05, 0.1) is 12.2 Å². The summed E-state index contributed by atoms with van der Waals surface area (Å²) in [6, 6.07) is 3.77. The highest BCUT2D eigenvalue weighted by Gasteiger charge is 2.14. The lowest BCUT2D eigenvalue weighted by atomic mass is 10.1. The van der Waals surface area contributed by atoms with Crippen LogP contribution in [0, 0.1) is 4.84 Å². The van der Waals surface area contributed by atoms with E-state index >= 15 is 0 Å². The third-order valence-electron chi connectivity index (χ3n) is 3.30. The van der Waals surface area contributed by atoms with Gasteiger partial charge in [-0.2, -0.15) is 0 Å². The maximum atomic E-state index is 5.54. The molecule has 0 aliphatic carbocycles. The van der Waals surface area contributed by atoms with Crippen molar-refractivity contribution in [3.8, 4) is 11.5 Å². The first-order chi connectivity index (χ1) is 9.33.